The zero-order chi connectivity index (χ0) is 21.1. The van der Waals surface area contributed by atoms with Crippen LogP contribution in [0.15, 0.2) is 30.5 Å². The summed E-state index contributed by atoms with van der Waals surface area (Å²) in [4.78, 5) is 31.1. The highest BCUT2D eigenvalue weighted by Crippen LogP contribution is 2.25. The van der Waals surface area contributed by atoms with Crippen LogP contribution < -0.4 is 10.1 Å². The first-order valence-electron chi connectivity index (χ1n) is 9.20. The number of benzene rings is 1. The van der Waals surface area contributed by atoms with Crippen LogP contribution in [0.5, 0.6) is 5.75 Å². The summed E-state index contributed by atoms with van der Waals surface area (Å²) in [7, 11) is 3.36. The number of aromatic nitrogens is 1. The van der Waals surface area contributed by atoms with Crippen LogP contribution in [-0.4, -0.2) is 35.9 Å². The Morgan fingerprint density at radius 2 is 1.89 bits per heavy atom. The fraction of sp³-hybridized carbons (Fsp3) is 0.409. The van der Waals surface area contributed by atoms with Crippen LogP contribution in [0.2, 0.25) is 0 Å². The number of amides is 2. The van der Waals surface area contributed by atoms with Crippen molar-refractivity contribution in [1.82, 2.24) is 9.88 Å². The van der Waals surface area contributed by atoms with Gasteiger partial charge in [0.2, 0.25) is 5.91 Å². The van der Waals surface area contributed by atoms with Crippen LogP contribution in [-0.2, 0) is 11.3 Å². The highest BCUT2D eigenvalue weighted by molar-refractivity contribution is 5.98. The minimum Gasteiger partial charge on any atom is -0.496 e. The van der Waals surface area contributed by atoms with E-state index in [9.17, 15) is 9.59 Å². The van der Waals surface area contributed by atoms with Gasteiger partial charge in [-0.15, -0.1) is 0 Å². The predicted molar refractivity (Wildman–Crippen MR) is 111 cm³/mol. The van der Waals surface area contributed by atoms with Crippen LogP contribution in [0.3, 0.4) is 0 Å². The maximum Gasteiger partial charge on any atom is 0.254 e. The normalized spacial score (nSPS) is 11.1. The average molecular weight is 383 g/mol. The number of ether oxygens (including phenoxy) is 1. The standard InChI is InChI=1S/C22H29N3O3/c1-14-12-23-18(15(2)19(14)28-7)13-25(6)20(26)16-9-8-10-17(11-16)24-21(27)22(3,4)5/h8-12H,13H2,1-7H3,(H,24,27). The summed E-state index contributed by atoms with van der Waals surface area (Å²) in [5, 5.41) is 2.86. The molecule has 0 aliphatic heterocycles. The molecule has 1 aromatic carbocycles. The van der Waals surface area contributed by atoms with Crippen LogP contribution in [0.25, 0.3) is 0 Å². The molecule has 0 saturated carbocycles. The van der Waals surface area contributed by atoms with Gasteiger partial charge < -0.3 is 15.0 Å². The van der Waals surface area contributed by atoms with E-state index in [-0.39, 0.29) is 11.8 Å². The Bertz CT molecular complexity index is 885. The van der Waals surface area contributed by atoms with E-state index in [0.717, 1.165) is 22.6 Å². The number of pyridine rings is 1. The van der Waals surface area contributed by atoms with Gasteiger partial charge in [0.05, 0.1) is 19.3 Å². The topological polar surface area (TPSA) is 71.5 Å². The number of nitrogens with one attached hydrogen (secondary N) is 1. The van der Waals surface area contributed by atoms with Crippen molar-refractivity contribution in [1.29, 1.82) is 0 Å². The first-order valence-corrected chi connectivity index (χ1v) is 9.20. The summed E-state index contributed by atoms with van der Waals surface area (Å²) >= 11 is 0. The van der Waals surface area contributed by atoms with Crippen LogP contribution in [0, 0.1) is 19.3 Å². The van der Waals surface area contributed by atoms with Gasteiger partial charge in [0, 0.05) is 41.0 Å². The lowest BCUT2D eigenvalue weighted by Crippen LogP contribution is -2.29. The van der Waals surface area contributed by atoms with E-state index in [1.807, 2.05) is 34.6 Å². The minimum atomic E-state index is -0.509. The van der Waals surface area contributed by atoms with E-state index in [2.05, 4.69) is 10.3 Å². The number of anilines is 1. The second kappa shape index (κ2) is 8.42. The molecule has 1 N–H and O–H groups in total. The van der Waals surface area contributed by atoms with E-state index in [4.69, 9.17) is 4.74 Å². The van der Waals surface area contributed by atoms with Crippen molar-refractivity contribution in [3.8, 4) is 5.75 Å². The van der Waals surface area contributed by atoms with Crippen molar-refractivity contribution in [2.24, 2.45) is 5.41 Å². The molecule has 6 nitrogen and oxygen atoms in total. The van der Waals surface area contributed by atoms with E-state index >= 15 is 0 Å². The van der Waals surface area contributed by atoms with E-state index in [1.165, 1.54) is 0 Å². The summed E-state index contributed by atoms with van der Waals surface area (Å²) in [6.07, 6.45) is 1.75. The molecule has 2 amide bonds. The summed E-state index contributed by atoms with van der Waals surface area (Å²) in [6.45, 7) is 9.77. The summed E-state index contributed by atoms with van der Waals surface area (Å²) in [5.74, 6) is 0.544. The van der Waals surface area contributed by atoms with Gasteiger partial charge >= 0.3 is 0 Å². The third-order valence-corrected chi connectivity index (χ3v) is 4.53. The Labute approximate surface area is 166 Å². The number of aryl methyl sites for hydroxylation is 1. The smallest absolute Gasteiger partial charge is 0.254 e. The fourth-order valence-electron chi connectivity index (χ4n) is 2.80. The zero-order valence-corrected chi connectivity index (χ0v) is 17.7. The molecule has 1 heterocycles. The molecule has 0 unspecified atom stereocenters. The Morgan fingerprint density at radius 1 is 1.21 bits per heavy atom. The van der Waals surface area contributed by atoms with Crippen molar-refractivity contribution >= 4 is 17.5 Å². The number of rotatable bonds is 5. The molecule has 0 bridgehead atoms. The highest BCUT2D eigenvalue weighted by atomic mass is 16.5. The largest absolute Gasteiger partial charge is 0.496 e. The molecule has 2 rings (SSSR count). The molecular formula is C22H29N3O3. The van der Waals surface area contributed by atoms with Crippen LogP contribution in [0.4, 0.5) is 5.69 Å². The van der Waals surface area contributed by atoms with Crippen molar-refractivity contribution in [2.75, 3.05) is 19.5 Å². The Kier molecular flexibility index (Phi) is 6.44. The third-order valence-electron chi connectivity index (χ3n) is 4.53. The molecular weight excluding hydrogens is 354 g/mol. The quantitative estimate of drug-likeness (QED) is 0.848. The number of carbonyl (C=O) groups is 2. The van der Waals surface area contributed by atoms with Crippen LogP contribution >= 0.6 is 0 Å². The molecule has 1 aromatic heterocycles. The minimum absolute atomic E-state index is 0.1000. The highest BCUT2D eigenvalue weighted by Gasteiger charge is 2.22. The molecule has 0 fully saturated rings. The number of nitrogens with zero attached hydrogens (tertiary/aromatic N) is 2. The molecule has 0 saturated heterocycles. The van der Waals surface area contributed by atoms with Crippen molar-refractivity contribution in [3.05, 3.63) is 52.8 Å². The number of methoxy groups -OCH3 is 1. The Hall–Kier alpha value is -2.89. The maximum absolute atomic E-state index is 12.9. The fourth-order valence-corrected chi connectivity index (χ4v) is 2.80. The molecule has 6 heteroatoms. The molecule has 0 aliphatic rings. The van der Waals surface area contributed by atoms with Gasteiger partial charge in [-0.3, -0.25) is 14.6 Å². The third kappa shape index (κ3) is 4.88. The molecule has 0 radical (unpaired) electrons. The summed E-state index contributed by atoms with van der Waals surface area (Å²) < 4.78 is 5.44. The van der Waals surface area contributed by atoms with E-state index in [0.29, 0.717) is 17.8 Å². The van der Waals surface area contributed by atoms with E-state index < -0.39 is 5.41 Å². The lowest BCUT2D eigenvalue weighted by atomic mass is 9.95. The first-order chi connectivity index (χ1) is 13.0. The average Bonchev–Trinajstić information content (AvgIpc) is 2.63. The van der Waals surface area contributed by atoms with Gasteiger partial charge in [-0.25, -0.2) is 0 Å². The van der Waals surface area contributed by atoms with Gasteiger partial charge in [-0.1, -0.05) is 26.8 Å². The molecule has 0 spiro atoms. The SMILES string of the molecule is COc1c(C)cnc(CN(C)C(=O)c2cccc(NC(=O)C(C)(C)C)c2)c1C. The van der Waals surface area contributed by atoms with Gasteiger partial charge in [-0.05, 0) is 32.0 Å². The Morgan fingerprint density at radius 3 is 2.50 bits per heavy atom. The monoisotopic (exact) mass is 383 g/mol. The zero-order valence-electron chi connectivity index (χ0n) is 17.7. The lowest BCUT2D eigenvalue weighted by molar-refractivity contribution is -0.123. The van der Waals surface area contributed by atoms with Gasteiger partial charge in [0.1, 0.15) is 5.75 Å². The van der Waals surface area contributed by atoms with Crippen molar-refractivity contribution in [2.45, 2.75) is 41.2 Å². The molecule has 0 aliphatic carbocycles. The molecule has 150 valence electrons. The first kappa shape index (κ1) is 21.4. The number of hydrogen-bond acceptors (Lipinski definition) is 4. The van der Waals surface area contributed by atoms with Gasteiger partial charge in [-0.2, -0.15) is 0 Å². The molecule has 2 aromatic rings. The predicted octanol–water partition coefficient (Wildman–Crippen LogP) is 3.96. The lowest BCUT2D eigenvalue weighted by Gasteiger charge is -2.20. The van der Waals surface area contributed by atoms with Gasteiger partial charge in [0.15, 0.2) is 0 Å². The number of hydrogen-bond donors (Lipinski definition) is 1. The van der Waals surface area contributed by atoms with Crippen molar-refractivity contribution in [3.63, 3.8) is 0 Å². The Balaban J connectivity index is 2.18. The number of carbonyl (C=O) groups excluding carboxylic acids is 2. The van der Waals surface area contributed by atoms with Crippen molar-refractivity contribution < 1.29 is 14.3 Å². The summed E-state index contributed by atoms with van der Waals surface area (Å²) in [6, 6.07) is 6.97. The second-order valence-electron chi connectivity index (χ2n) is 7.99. The second-order valence-corrected chi connectivity index (χ2v) is 7.99. The van der Waals surface area contributed by atoms with E-state index in [1.54, 1.807) is 49.5 Å². The maximum atomic E-state index is 12.9. The molecule has 28 heavy (non-hydrogen) atoms. The van der Waals surface area contributed by atoms with Crippen LogP contribution in [0.1, 0.15) is 48.0 Å². The molecule has 0 atom stereocenters. The summed E-state index contributed by atoms with van der Waals surface area (Å²) in [5.41, 5.74) is 3.27. The van der Waals surface area contributed by atoms with Gasteiger partial charge in [0.25, 0.3) is 5.91 Å².